The lowest BCUT2D eigenvalue weighted by Gasteiger charge is -2.15. The Labute approximate surface area is 114 Å². The van der Waals surface area contributed by atoms with Crippen molar-refractivity contribution in [3.63, 3.8) is 0 Å². The Balaban J connectivity index is 2.98. The smallest absolute Gasteiger partial charge is 0.321 e. The second-order valence-electron chi connectivity index (χ2n) is 4.43. The fourth-order valence-corrected chi connectivity index (χ4v) is 2.30. The van der Waals surface area contributed by atoms with Gasteiger partial charge in [0.1, 0.15) is 9.84 Å². The number of hydrogen-bond donors (Lipinski definition) is 1. The minimum absolute atomic E-state index is 0.218. The molecule has 0 aromatic heterocycles. The van der Waals surface area contributed by atoms with Gasteiger partial charge in [-0.15, -0.1) is 0 Å². The van der Waals surface area contributed by atoms with Gasteiger partial charge in [-0.1, -0.05) is 18.2 Å². The van der Waals surface area contributed by atoms with E-state index in [-0.39, 0.29) is 12.2 Å². The van der Waals surface area contributed by atoms with Crippen molar-refractivity contribution in [2.45, 2.75) is 18.6 Å². The molecule has 0 fully saturated rings. The monoisotopic (exact) mass is 309 g/mol. The van der Waals surface area contributed by atoms with Crippen molar-refractivity contribution in [1.82, 2.24) is 0 Å². The van der Waals surface area contributed by atoms with Gasteiger partial charge >= 0.3 is 6.18 Å². The fourth-order valence-electron chi connectivity index (χ4n) is 1.62. The van der Waals surface area contributed by atoms with Crippen LogP contribution >= 0.6 is 0 Å². The zero-order valence-corrected chi connectivity index (χ0v) is 11.5. The molecule has 0 radical (unpaired) electrons. The number of rotatable bonds is 5. The van der Waals surface area contributed by atoms with Crippen LogP contribution in [-0.4, -0.2) is 32.3 Å². The first kappa shape index (κ1) is 16.6. The number of alkyl halides is 3. The van der Waals surface area contributed by atoms with Crippen LogP contribution < -0.4 is 5.73 Å². The normalized spacial score (nSPS) is 14.1. The summed E-state index contributed by atoms with van der Waals surface area (Å²) in [5.74, 6) is -1.27. The third-order valence-corrected chi connectivity index (χ3v) is 3.61. The van der Waals surface area contributed by atoms with E-state index in [1.165, 1.54) is 12.1 Å². The molecule has 0 amide bonds. The van der Waals surface area contributed by atoms with Crippen LogP contribution in [0.2, 0.25) is 0 Å². The largest absolute Gasteiger partial charge is 0.417 e. The maximum Gasteiger partial charge on any atom is 0.417 e. The maximum atomic E-state index is 12.8. The first-order valence-corrected chi connectivity index (χ1v) is 7.72. The second-order valence-corrected chi connectivity index (χ2v) is 6.69. The molecule has 0 aliphatic heterocycles. The minimum Gasteiger partial charge on any atom is -0.321 e. The van der Waals surface area contributed by atoms with Crippen molar-refractivity contribution >= 4 is 15.6 Å². The van der Waals surface area contributed by atoms with E-state index in [9.17, 15) is 26.4 Å². The highest BCUT2D eigenvalue weighted by Gasteiger charge is 2.35. The predicted molar refractivity (Wildman–Crippen MR) is 68.1 cm³/mol. The average molecular weight is 309 g/mol. The van der Waals surface area contributed by atoms with E-state index in [2.05, 4.69) is 0 Å². The fraction of sp³-hybridized carbons (Fsp3) is 0.417. The summed E-state index contributed by atoms with van der Waals surface area (Å²) in [7, 11) is -3.33. The Kier molecular flexibility index (Phi) is 4.93. The first-order valence-electron chi connectivity index (χ1n) is 5.66. The van der Waals surface area contributed by atoms with E-state index in [1.54, 1.807) is 0 Å². The maximum absolute atomic E-state index is 12.8. The van der Waals surface area contributed by atoms with Gasteiger partial charge in [-0.25, -0.2) is 8.42 Å². The zero-order chi connectivity index (χ0) is 15.6. The molecule has 0 bridgehead atoms. The van der Waals surface area contributed by atoms with E-state index in [0.717, 1.165) is 18.4 Å². The number of ketones is 1. The van der Waals surface area contributed by atoms with Crippen molar-refractivity contribution in [3.05, 3.63) is 35.4 Å². The van der Waals surface area contributed by atoms with E-state index >= 15 is 0 Å². The van der Waals surface area contributed by atoms with Crippen molar-refractivity contribution in [1.29, 1.82) is 0 Å². The average Bonchev–Trinajstić information content (AvgIpc) is 2.33. The molecule has 4 nitrogen and oxygen atoms in total. The Morgan fingerprint density at radius 3 is 2.35 bits per heavy atom. The summed E-state index contributed by atoms with van der Waals surface area (Å²) in [6, 6.07) is 3.00. The lowest BCUT2D eigenvalue weighted by atomic mass is 9.97. The summed E-state index contributed by atoms with van der Waals surface area (Å²) >= 11 is 0. The number of carbonyl (C=O) groups is 1. The molecule has 0 saturated heterocycles. The molecule has 1 unspecified atom stereocenters. The molecule has 0 saturated carbocycles. The Morgan fingerprint density at radius 1 is 1.30 bits per heavy atom. The molecular weight excluding hydrogens is 295 g/mol. The highest BCUT2D eigenvalue weighted by molar-refractivity contribution is 7.90. The number of halogens is 3. The minimum atomic E-state index is -4.66. The van der Waals surface area contributed by atoms with Crippen LogP contribution in [0.1, 0.15) is 22.3 Å². The molecule has 1 atom stereocenters. The van der Waals surface area contributed by atoms with Gasteiger partial charge in [0.15, 0.2) is 5.78 Å². The van der Waals surface area contributed by atoms with Gasteiger partial charge in [-0.3, -0.25) is 4.79 Å². The number of Topliss-reactive ketones (excluding diaryl/α,β-unsaturated/α-hetero) is 1. The van der Waals surface area contributed by atoms with Crippen LogP contribution in [0.4, 0.5) is 13.2 Å². The number of nitrogens with two attached hydrogens (primary N) is 1. The van der Waals surface area contributed by atoms with Crippen molar-refractivity contribution in [2.24, 2.45) is 5.73 Å². The highest BCUT2D eigenvalue weighted by Crippen LogP contribution is 2.32. The molecule has 1 aromatic carbocycles. The van der Waals surface area contributed by atoms with Gasteiger partial charge in [0, 0.05) is 11.8 Å². The van der Waals surface area contributed by atoms with Crippen LogP contribution in [0.25, 0.3) is 0 Å². The standard InChI is InChI=1S/C12H14F3NO3S/c1-20(18,19)7-6-10(16)11(17)8-4-2-3-5-9(8)12(13,14)15/h2-5,10H,6-7,16H2,1H3. The van der Waals surface area contributed by atoms with Crippen LogP contribution in [0.3, 0.4) is 0 Å². The van der Waals surface area contributed by atoms with Gasteiger partial charge in [0.25, 0.3) is 0 Å². The Morgan fingerprint density at radius 2 is 1.85 bits per heavy atom. The van der Waals surface area contributed by atoms with E-state index < -0.39 is 39.0 Å². The Bertz CT molecular complexity index is 596. The molecule has 0 aliphatic rings. The van der Waals surface area contributed by atoms with Crippen molar-refractivity contribution < 1.29 is 26.4 Å². The molecular formula is C12H14F3NO3S. The third kappa shape index (κ3) is 4.61. The second kappa shape index (κ2) is 5.92. The van der Waals surface area contributed by atoms with Gasteiger partial charge in [0.05, 0.1) is 17.4 Å². The van der Waals surface area contributed by atoms with E-state index in [0.29, 0.717) is 0 Å². The molecule has 2 N–H and O–H groups in total. The summed E-state index contributed by atoms with van der Waals surface area (Å²) in [4.78, 5) is 11.9. The quantitative estimate of drug-likeness (QED) is 0.839. The van der Waals surface area contributed by atoms with Crippen LogP contribution in [0.15, 0.2) is 24.3 Å². The number of benzene rings is 1. The lowest BCUT2D eigenvalue weighted by Crippen LogP contribution is -2.33. The van der Waals surface area contributed by atoms with Crippen LogP contribution in [-0.2, 0) is 16.0 Å². The van der Waals surface area contributed by atoms with Gasteiger partial charge in [0.2, 0.25) is 0 Å². The predicted octanol–water partition coefficient (Wildman–Crippen LogP) is 1.65. The van der Waals surface area contributed by atoms with Crippen molar-refractivity contribution in [3.8, 4) is 0 Å². The number of hydrogen-bond acceptors (Lipinski definition) is 4. The number of carbonyl (C=O) groups excluding carboxylic acids is 1. The van der Waals surface area contributed by atoms with Crippen LogP contribution in [0.5, 0.6) is 0 Å². The zero-order valence-electron chi connectivity index (χ0n) is 10.6. The SMILES string of the molecule is CS(=O)(=O)CCC(N)C(=O)c1ccccc1C(F)(F)F. The summed E-state index contributed by atoms with van der Waals surface area (Å²) in [6.45, 7) is 0. The molecule has 0 heterocycles. The van der Waals surface area contributed by atoms with E-state index in [4.69, 9.17) is 5.73 Å². The summed E-state index contributed by atoms with van der Waals surface area (Å²) < 4.78 is 60.2. The van der Waals surface area contributed by atoms with Gasteiger partial charge in [-0.05, 0) is 12.5 Å². The van der Waals surface area contributed by atoms with Crippen molar-refractivity contribution in [2.75, 3.05) is 12.0 Å². The van der Waals surface area contributed by atoms with Crippen LogP contribution in [0, 0.1) is 0 Å². The molecule has 1 rings (SSSR count). The highest BCUT2D eigenvalue weighted by atomic mass is 32.2. The topological polar surface area (TPSA) is 77.2 Å². The van der Waals surface area contributed by atoms with E-state index in [1.807, 2.05) is 0 Å². The molecule has 8 heteroatoms. The van der Waals surface area contributed by atoms with Gasteiger partial charge < -0.3 is 5.73 Å². The molecule has 0 spiro atoms. The lowest BCUT2D eigenvalue weighted by molar-refractivity contribution is -0.137. The number of sulfone groups is 1. The molecule has 20 heavy (non-hydrogen) atoms. The summed E-state index contributed by atoms with van der Waals surface area (Å²) in [5.41, 5.74) is 3.88. The van der Waals surface area contributed by atoms with Gasteiger partial charge in [-0.2, -0.15) is 13.2 Å². The molecule has 1 aromatic rings. The Hall–Kier alpha value is -1.41. The molecule has 112 valence electrons. The molecule has 0 aliphatic carbocycles. The summed E-state index contributed by atoms with van der Waals surface area (Å²) in [5, 5.41) is 0. The first-order chi connectivity index (χ1) is 9.02. The third-order valence-electron chi connectivity index (χ3n) is 2.63. The summed E-state index contributed by atoms with van der Waals surface area (Å²) in [6.07, 6.45) is -3.92.